The maximum absolute atomic E-state index is 12.4. The van der Waals surface area contributed by atoms with Gasteiger partial charge < -0.3 is 9.67 Å². The third-order valence-electron chi connectivity index (χ3n) is 8.28. The number of imidazole rings is 1. The molecule has 5 heteroatoms. The molecule has 2 aliphatic heterocycles. The molecule has 1 fully saturated rings. The van der Waals surface area contributed by atoms with E-state index < -0.39 is 11.4 Å². The van der Waals surface area contributed by atoms with Gasteiger partial charge in [-0.2, -0.15) is 0 Å². The lowest BCUT2D eigenvalue weighted by molar-refractivity contribution is 0.0680. The van der Waals surface area contributed by atoms with Crippen LogP contribution < -0.4 is 0 Å². The molecule has 5 nitrogen and oxygen atoms in total. The van der Waals surface area contributed by atoms with Crippen molar-refractivity contribution in [2.45, 2.75) is 82.2 Å². The number of nitrogens with zero attached hydrogens (tertiary/aromatic N) is 3. The van der Waals surface area contributed by atoms with Crippen LogP contribution in [-0.2, 0) is 22.8 Å². The smallest absolute Gasteiger partial charge is 0.354 e. The summed E-state index contributed by atoms with van der Waals surface area (Å²) in [5, 5.41) is 10.2. The fourth-order valence-electron chi connectivity index (χ4n) is 6.92. The van der Waals surface area contributed by atoms with Crippen LogP contribution in [0.3, 0.4) is 0 Å². The summed E-state index contributed by atoms with van der Waals surface area (Å²) in [5.41, 5.74) is 5.56. The van der Waals surface area contributed by atoms with E-state index in [1.165, 1.54) is 22.3 Å². The largest absolute Gasteiger partial charge is 0.477 e. The number of fused-ring (bicyclic) bond motifs is 4. The van der Waals surface area contributed by atoms with Crippen molar-refractivity contribution >= 4 is 12.2 Å². The van der Waals surface area contributed by atoms with Crippen LogP contribution in [0.25, 0.3) is 0 Å². The molecule has 1 N–H and O–H groups in total. The minimum Gasteiger partial charge on any atom is -0.477 e. The summed E-state index contributed by atoms with van der Waals surface area (Å²) in [7, 11) is 0. The molecular weight excluding hydrogens is 386 g/mol. The maximum Gasteiger partial charge on any atom is 0.354 e. The van der Waals surface area contributed by atoms with Crippen LogP contribution in [0.15, 0.2) is 40.4 Å². The minimum atomic E-state index is -0.869. The summed E-state index contributed by atoms with van der Waals surface area (Å²) in [5.74, 6) is 0.257. The summed E-state index contributed by atoms with van der Waals surface area (Å²) in [6, 6.07) is 8.80. The topological polar surface area (TPSA) is 67.5 Å². The summed E-state index contributed by atoms with van der Waals surface area (Å²) in [6.07, 6.45) is 4.11. The molecule has 2 aromatic rings. The van der Waals surface area contributed by atoms with Crippen LogP contribution in [0.4, 0.5) is 0 Å². The van der Waals surface area contributed by atoms with E-state index >= 15 is 0 Å². The quantitative estimate of drug-likeness (QED) is 0.720. The normalized spacial score (nSPS) is 32.4. The Kier molecular flexibility index (Phi) is 3.41. The molecular formula is C26H29N3O2. The number of carboxylic acids is 1. The number of rotatable bonds is 2. The third kappa shape index (κ3) is 2.15. The lowest BCUT2D eigenvalue weighted by atomic mass is 9.51. The van der Waals surface area contributed by atoms with Gasteiger partial charge in [0.25, 0.3) is 0 Å². The molecule has 3 unspecified atom stereocenters. The Morgan fingerprint density at radius 1 is 1.13 bits per heavy atom. The first kappa shape index (κ1) is 19.0. The fourth-order valence-corrected chi connectivity index (χ4v) is 6.92. The van der Waals surface area contributed by atoms with E-state index in [0.717, 1.165) is 24.4 Å². The molecule has 0 bridgehead atoms. The molecule has 2 aliphatic carbocycles. The number of aromatic nitrogens is 2. The first-order chi connectivity index (χ1) is 14.6. The van der Waals surface area contributed by atoms with Gasteiger partial charge in [0.05, 0.1) is 17.2 Å². The third-order valence-corrected chi connectivity index (χ3v) is 8.28. The standard InChI is InChI=1S/C26H29N3O2/c1-14-18-21-25(4,12-27-14)23-28-19(15-10-11-15)20(22(30)31)29(23)13-26(21,5)17-9-7-6-8-16(17)24(18,2)3/h6-9,12,14-15H,10-11,13H2,1-5H3,(H,30,31). The van der Waals surface area contributed by atoms with Gasteiger partial charge in [-0.1, -0.05) is 38.1 Å². The maximum atomic E-state index is 12.4. The van der Waals surface area contributed by atoms with Crippen molar-refractivity contribution in [3.05, 3.63) is 63.8 Å². The van der Waals surface area contributed by atoms with Crippen molar-refractivity contribution in [1.82, 2.24) is 9.55 Å². The number of aliphatic imine (C=N–C) groups is 1. The van der Waals surface area contributed by atoms with Crippen molar-refractivity contribution in [2.24, 2.45) is 4.99 Å². The van der Waals surface area contributed by atoms with Gasteiger partial charge in [0, 0.05) is 29.5 Å². The lowest BCUT2D eigenvalue weighted by Crippen LogP contribution is -2.56. The van der Waals surface area contributed by atoms with E-state index in [-0.39, 0.29) is 22.8 Å². The van der Waals surface area contributed by atoms with Crippen LogP contribution in [-0.4, -0.2) is 32.9 Å². The molecule has 1 aromatic carbocycles. The highest BCUT2D eigenvalue weighted by molar-refractivity contribution is 5.90. The van der Waals surface area contributed by atoms with Crippen LogP contribution >= 0.6 is 0 Å². The zero-order valence-corrected chi connectivity index (χ0v) is 18.9. The molecule has 0 spiro atoms. The highest BCUT2D eigenvalue weighted by Crippen LogP contribution is 2.60. The molecule has 1 saturated carbocycles. The molecule has 0 radical (unpaired) electrons. The predicted molar refractivity (Wildman–Crippen MR) is 120 cm³/mol. The first-order valence-corrected chi connectivity index (χ1v) is 11.3. The molecule has 160 valence electrons. The average molecular weight is 416 g/mol. The molecule has 3 heterocycles. The van der Waals surface area contributed by atoms with Gasteiger partial charge in [0.1, 0.15) is 5.82 Å². The number of aromatic carboxylic acids is 1. The van der Waals surface area contributed by atoms with E-state index in [2.05, 4.69) is 65.1 Å². The monoisotopic (exact) mass is 415 g/mol. The van der Waals surface area contributed by atoms with Crippen molar-refractivity contribution in [3.8, 4) is 0 Å². The summed E-state index contributed by atoms with van der Waals surface area (Å²) >= 11 is 0. The zero-order valence-electron chi connectivity index (χ0n) is 18.9. The Hall–Kier alpha value is -2.69. The van der Waals surface area contributed by atoms with E-state index in [4.69, 9.17) is 9.98 Å². The Bertz CT molecular complexity index is 1230. The SMILES string of the molecule is CC1N=CC2(C)C3=C1C(C)(C)c1ccccc1C3(C)Cn1c2nc(C2CC2)c1C(=O)O. The number of dihydropyridines is 1. The number of hydrogen-bond acceptors (Lipinski definition) is 3. The minimum absolute atomic E-state index is 0.0918. The van der Waals surface area contributed by atoms with Crippen molar-refractivity contribution in [3.63, 3.8) is 0 Å². The predicted octanol–water partition coefficient (Wildman–Crippen LogP) is 4.75. The highest BCUT2D eigenvalue weighted by atomic mass is 16.4. The number of allylic oxidation sites excluding steroid dienone is 1. The fraction of sp³-hybridized carbons (Fsp3) is 0.500. The van der Waals surface area contributed by atoms with Gasteiger partial charge in [-0.05, 0) is 55.9 Å². The summed E-state index contributed by atoms with van der Waals surface area (Å²) in [6.45, 7) is 11.9. The molecule has 1 aromatic heterocycles. The second kappa shape index (κ2) is 5.56. The summed E-state index contributed by atoms with van der Waals surface area (Å²) in [4.78, 5) is 22.4. The number of hydrogen-bond donors (Lipinski definition) is 1. The van der Waals surface area contributed by atoms with Crippen molar-refractivity contribution < 1.29 is 9.90 Å². The average Bonchev–Trinajstić information content (AvgIpc) is 3.48. The van der Waals surface area contributed by atoms with Crippen LogP contribution in [0, 0.1) is 0 Å². The highest BCUT2D eigenvalue weighted by Gasteiger charge is 2.59. The van der Waals surface area contributed by atoms with E-state index in [9.17, 15) is 9.90 Å². The molecule has 6 rings (SSSR count). The van der Waals surface area contributed by atoms with E-state index in [0.29, 0.717) is 12.2 Å². The summed E-state index contributed by atoms with van der Waals surface area (Å²) < 4.78 is 2.01. The van der Waals surface area contributed by atoms with Gasteiger partial charge in [0.15, 0.2) is 5.69 Å². The molecule has 3 atom stereocenters. The molecule has 31 heavy (non-hydrogen) atoms. The van der Waals surface area contributed by atoms with Crippen molar-refractivity contribution in [2.75, 3.05) is 0 Å². The molecule has 0 saturated heterocycles. The van der Waals surface area contributed by atoms with Crippen molar-refractivity contribution in [1.29, 1.82) is 0 Å². The second-order valence-electron chi connectivity index (χ2n) is 10.8. The Labute approximate surface area is 182 Å². The van der Waals surface area contributed by atoms with Crippen LogP contribution in [0.2, 0.25) is 0 Å². The Balaban J connectivity index is 1.74. The second-order valence-corrected chi connectivity index (χ2v) is 10.8. The van der Waals surface area contributed by atoms with E-state index in [1.54, 1.807) is 0 Å². The number of benzene rings is 1. The Morgan fingerprint density at radius 3 is 2.45 bits per heavy atom. The first-order valence-electron chi connectivity index (χ1n) is 11.3. The zero-order chi connectivity index (χ0) is 21.9. The van der Waals surface area contributed by atoms with Gasteiger partial charge in [-0.3, -0.25) is 4.99 Å². The molecule has 0 amide bonds. The number of carboxylic acid groups (broad SMARTS) is 1. The van der Waals surface area contributed by atoms with E-state index in [1.807, 2.05) is 4.57 Å². The lowest BCUT2D eigenvalue weighted by Gasteiger charge is -2.56. The van der Waals surface area contributed by atoms with Gasteiger partial charge in [-0.25, -0.2) is 9.78 Å². The molecule has 4 aliphatic rings. The number of carbonyl (C=O) groups is 1. The Morgan fingerprint density at radius 2 is 1.81 bits per heavy atom. The van der Waals surface area contributed by atoms with Gasteiger partial charge >= 0.3 is 5.97 Å². The van der Waals surface area contributed by atoms with Crippen LogP contribution in [0.1, 0.15) is 86.5 Å². The van der Waals surface area contributed by atoms with Gasteiger partial charge in [-0.15, -0.1) is 0 Å². The van der Waals surface area contributed by atoms with Gasteiger partial charge in [0.2, 0.25) is 0 Å². The van der Waals surface area contributed by atoms with Crippen LogP contribution in [0.5, 0.6) is 0 Å².